The van der Waals surface area contributed by atoms with Gasteiger partial charge in [-0.1, -0.05) is 11.6 Å². The van der Waals surface area contributed by atoms with E-state index in [4.69, 9.17) is 0 Å². The molecular weight excluding hydrogens is 258 g/mol. The summed E-state index contributed by atoms with van der Waals surface area (Å²) in [6.07, 6.45) is 4.16. The Hall–Kier alpha value is -1.89. The summed E-state index contributed by atoms with van der Waals surface area (Å²) in [6, 6.07) is 0. The Morgan fingerprint density at radius 2 is 2.40 bits per heavy atom. The second-order valence-electron chi connectivity index (χ2n) is 4.85. The first-order chi connectivity index (χ1) is 9.63. The van der Waals surface area contributed by atoms with Gasteiger partial charge in [-0.3, -0.25) is 10.1 Å². The van der Waals surface area contributed by atoms with Gasteiger partial charge in [-0.05, 0) is 33.2 Å². The van der Waals surface area contributed by atoms with Gasteiger partial charge in [0.15, 0.2) is 0 Å². The Bertz CT molecular complexity index is 521. The molecule has 0 unspecified atom stereocenters. The van der Waals surface area contributed by atoms with Gasteiger partial charge in [0.05, 0.1) is 4.92 Å². The molecule has 2 N–H and O–H groups in total. The van der Waals surface area contributed by atoms with E-state index in [2.05, 4.69) is 21.8 Å². The van der Waals surface area contributed by atoms with Gasteiger partial charge in [-0.15, -0.1) is 0 Å². The van der Waals surface area contributed by atoms with E-state index in [1.54, 1.807) is 11.6 Å². The van der Waals surface area contributed by atoms with Gasteiger partial charge in [-0.2, -0.15) is 5.10 Å². The summed E-state index contributed by atoms with van der Waals surface area (Å²) >= 11 is 0. The van der Waals surface area contributed by atoms with Crippen LogP contribution in [0.5, 0.6) is 0 Å². The molecule has 1 aliphatic heterocycles. The van der Waals surface area contributed by atoms with E-state index in [-0.39, 0.29) is 10.6 Å². The highest BCUT2D eigenvalue weighted by atomic mass is 16.6. The van der Waals surface area contributed by atoms with Crippen LogP contribution < -0.4 is 10.6 Å². The highest BCUT2D eigenvalue weighted by molar-refractivity contribution is 5.59. The van der Waals surface area contributed by atoms with Crippen LogP contribution in [0, 0.1) is 17.0 Å². The molecule has 0 saturated heterocycles. The molecule has 7 heteroatoms. The van der Waals surface area contributed by atoms with Crippen LogP contribution >= 0.6 is 0 Å². The quantitative estimate of drug-likeness (QED) is 0.471. The van der Waals surface area contributed by atoms with Crippen LogP contribution in [0.3, 0.4) is 0 Å². The summed E-state index contributed by atoms with van der Waals surface area (Å²) in [5.74, 6) is 0.518. The lowest BCUT2D eigenvalue weighted by Crippen LogP contribution is -2.21. The SMILES string of the molecule is CCn1nc(C)c([N+](=O)[O-])c1NCCC1=CCNCC1. The summed E-state index contributed by atoms with van der Waals surface area (Å²) < 4.78 is 1.66. The normalized spacial score (nSPS) is 15.0. The first kappa shape index (κ1) is 14.5. The highest BCUT2D eigenvalue weighted by Crippen LogP contribution is 2.28. The number of aromatic nitrogens is 2. The fourth-order valence-corrected chi connectivity index (χ4v) is 2.43. The first-order valence-electron chi connectivity index (χ1n) is 6.97. The van der Waals surface area contributed by atoms with Crippen molar-refractivity contribution in [2.24, 2.45) is 0 Å². The van der Waals surface area contributed by atoms with Crippen molar-refractivity contribution in [3.05, 3.63) is 27.5 Å². The summed E-state index contributed by atoms with van der Waals surface area (Å²) in [6.45, 7) is 6.84. The smallest absolute Gasteiger partial charge is 0.333 e. The molecule has 20 heavy (non-hydrogen) atoms. The standard InChI is InChI=1S/C13H21N5O2/c1-3-17-13(12(18(19)20)10(2)16-17)15-9-6-11-4-7-14-8-5-11/h4,14-15H,3,5-9H2,1-2H3. The molecular formula is C13H21N5O2. The average molecular weight is 279 g/mol. The number of aryl methyl sites for hydroxylation is 2. The number of anilines is 1. The average Bonchev–Trinajstić information content (AvgIpc) is 2.76. The molecule has 0 bridgehead atoms. The van der Waals surface area contributed by atoms with Gasteiger partial charge < -0.3 is 10.6 Å². The van der Waals surface area contributed by atoms with Crippen molar-refractivity contribution in [1.29, 1.82) is 0 Å². The Kier molecular flexibility index (Phi) is 4.73. The third kappa shape index (κ3) is 3.16. The van der Waals surface area contributed by atoms with Crippen molar-refractivity contribution >= 4 is 11.5 Å². The van der Waals surface area contributed by atoms with Crippen molar-refractivity contribution < 1.29 is 4.92 Å². The van der Waals surface area contributed by atoms with E-state index in [1.807, 2.05) is 6.92 Å². The Balaban J connectivity index is 2.04. The maximum Gasteiger partial charge on any atom is 0.333 e. The maximum absolute atomic E-state index is 11.1. The van der Waals surface area contributed by atoms with Crippen molar-refractivity contribution in [1.82, 2.24) is 15.1 Å². The zero-order chi connectivity index (χ0) is 14.5. The molecule has 0 saturated carbocycles. The van der Waals surface area contributed by atoms with E-state index in [1.165, 1.54) is 5.57 Å². The molecule has 2 rings (SSSR count). The van der Waals surface area contributed by atoms with Crippen LogP contribution in [0.15, 0.2) is 11.6 Å². The molecule has 0 aliphatic carbocycles. The van der Waals surface area contributed by atoms with Crippen molar-refractivity contribution in [3.8, 4) is 0 Å². The minimum atomic E-state index is -0.360. The molecule has 1 aromatic rings. The lowest BCUT2D eigenvalue weighted by molar-refractivity contribution is -0.384. The number of nitrogens with one attached hydrogen (secondary N) is 2. The van der Waals surface area contributed by atoms with Crippen molar-refractivity contribution in [2.75, 3.05) is 25.0 Å². The molecule has 0 aromatic carbocycles. The number of hydrogen-bond acceptors (Lipinski definition) is 5. The van der Waals surface area contributed by atoms with E-state index >= 15 is 0 Å². The molecule has 0 radical (unpaired) electrons. The maximum atomic E-state index is 11.1. The number of nitrogens with zero attached hydrogens (tertiary/aromatic N) is 3. The van der Waals surface area contributed by atoms with Gasteiger partial charge in [0.2, 0.25) is 5.82 Å². The molecule has 0 spiro atoms. The second-order valence-corrected chi connectivity index (χ2v) is 4.85. The highest BCUT2D eigenvalue weighted by Gasteiger charge is 2.24. The topological polar surface area (TPSA) is 85.0 Å². The Morgan fingerprint density at radius 1 is 1.60 bits per heavy atom. The molecule has 2 heterocycles. The van der Waals surface area contributed by atoms with Gasteiger partial charge >= 0.3 is 5.69 Å². The fraction of sp³-hybridized carbons (Fsp3) is 0.615. The monoisotopic (exact) mass is 279 g/mol. The molecule has 110 valence electrons. The second kappa shape index (κ2) is 6.51. The largest absolute Gasteiger partial charge is 0.364 e. The Labute approximate surface area is 118 Å². The third-order valence-electron chi connectivity index (χ3n) is 3.47. The summed E-state index contributed by atoms with van der Waals surface area (Å²) in [7, 11) is 0. The summed E-state index contributed by atoms with van der Waals surface area (Å²) in [5.41, 5.74) is 1.95. The first-order valence-corrected chi connectivity index (χ1v) is 6.97. The fourth-order valence-electron chi connectivity index (χ4n) is 2.43. The lowest BCUT2D eigenvalue weighted by Gasteiger charge is -2.14. The van der Waals surface area contributed by atoms with Crippen LogP contribution in [0.25, 0.3) is 0 Å². The number of rotatable bonds is 6. The van der Waals surface area contributed by atoms with E-state index < -0.39 is 0 Å². The van der Waals surface area contributed by atoms with Gasteiger partial charge in [0.1, 0.15) is 5.69 Å². The van der Waals surface area contributed by atoms with Crippen LogP contribution in [0.1, 0.15) is 25.5 Å². The number of nitro groups is 1. The van der Waals surface area contributed by atoms with Gasteiger partial charge in [-0.25, -0.2) is 4.68 Å². The Morgan fingerprint density at radius 3 is 3.00 bits per heavy atom. The van der Waals surface area contributed by atoms with Crippen LogP contribution in [0.4, 0.5) is 11.5 Å². The predicted octanol–water partition coefficient (Wildman–Crippen LogP) is 1.84. The number of hydrogen-bond donors (Lipinski definition) is 2. The molecule has 7 nitrogen and oxygen atoms in total. The van der Waals surface area contributed by atoms with Gasteiger partial charge in [0.25, 0.3) is 0 Å². The van der Waals surface area contributed by atoms with E-state index in [0.717, 1.165) is 25.9 Å². The minimum absolute atomic E-state index is 0.0890. The van der Waals surface area contributed by atoms with Crippen molar-refractivity contribution in [2.45, 2.75) is 33.2 Å². The zero-order valence-electron chi connectivity index (χ0n) is 12.0. The molecule has 0 fully saturated rings. The zero-order valence-corrected chi connectivity index (χ0v) is 12.0. The van der Waals surface area contributed by atoms with Crippen molar-refractivity contribution in [3.63, 3.8) is 0 Å². The molecule has 1 aliphatic rings. The van der Waals surface area contributed by atoms with Gasteiger partial charge in [0, 0.05) is 19.6 Å². The minimum Gasteiger partial charge on any atom is -0.364 e. The summed E-state index contributed by atoms with van der Waals surface area (Å²) in [5, 5.41) is 21.8. The summed E-state index contributed by atoms with van der Waals surface area (Å²) in [4.78, 5) is 10.8. The molecule has 0 amide bonds. The third-order valence-corrected chi connectivity index (χ3v) is 3.47. The molecule has 1 aromatic heterocycles. The molecule has 0 atom stereocenters. The van der Waals surface area contributed by atoms with Crippen LogP contribution in [-0.4, -0.2) is 34.3 Å². The van der Waals surface area contributed by atoms with E-state index in [0.29, 0.717) is 24.6 Å². The lowest BCUT2D eigenvalue weighted by atomic mass is 10.1. The van der Waals surface area contributed by atoms with E-state index in [9.17, 15) is 10.1 Å². The van der Waals surface area contributed by atoms with Crippen LogP contribution in [-0.2, 0) is 6.54 Å². The van der Waals surface area contributed by atoms with Crippen LogP contribution in [0.2, 0.25) is 0 Å². The predicted molar refractivity (Wildman–Crippen MR) is 78.0 cm³/mol.